The Morgan fingerprint density at radius 3 is 2.52 bits per heavy atom. The second-order valence-electron chi connectivity index (χ2n) is 5.85. The minimum atomic E-state index is -5.12. The van der Waals surface area contributed by atoms with Gasteiger partial charge in [-0.05, 0) is 6.92 Å². The van der Waals surface area contributed by atoms with Crippen molar-refractivity contribution in [3.8, 4) is 0 Å². The molecule has 0 unspecified atom stereocenters. The van der Waals surface area contributed by atoms with Crippen LogP contribution in [0.1, 0.15) is 19.4 Å². The van der Waals surface area contributed by atoms with Gasteiger partial charge >= 0.3 is 6.18 Å². The van der Waals surface area contributed by atoms with Crippen LogP contribution in [-0.4, -0.2) is 58.3 Å². The predicted molar refractivity (Wildman–Crippen MR) is 71.0 cm³/mol. The second kappa shape index (κ2) is 4.52. The van der Waals surface area contributed by atoms with Crippen LogP contribution >= 0.6 is 0 Å². The van der Waals surface area contributed by atoms with Gasteiger partial charge in [0.05, 0.1) is 12.4 Å². The topological polar surface area (TPSA) is 130 Å². The van der Waals surface area contributed by atoms with Gasteiger partial charge in [0.2, 0.25) is 0 Å². The van der Waals surface area contributed by atoms with Gasteiger partial charge in [-0.2, -0.15) is 13.2 Å². The number of hydrogen-bond donors (Lipinski definition) is 4. The third-order valence-corrected chi connectivity index (χ3v) is 4.40. The van der Waals surface area contributed by atoms with Crippen molar-refractivity contribution < 1.29 is 28.5 Å². The Morgan fingerprint density at radius 2 is 1.96 bits per heavy atom. The quantitative estimate of drug-likeness (QED) is 0.566. The SMILES string of the molecule is C[C@]1(O)[C@H](n2cnc3c(N)ncnc32)C[C@@](O)(C(F)(F)F)[C@H]1O. The number of imidazole rings is 1. The van der Waals surface area contributed by atoms with Crippen LogP contribution in [0.25, 0.3) is 11.2 Å². The van der Waals surface area contributed by atoms with Crippen molar-refractivity contribution in [1.29, 1.82) is 0 Å². The lowest BCUT2D eigenvalue weighted by atomic mass is 9.93. The predicted octanol–water partition coefficient (Wildman–Crippen LogP) is -0.241. The molecule has 11 heteroatoms. The highest BCUT2D eigenvalue weighted by Crippen LogP contribution is 2.52. The summed E-state index contributed by atoms with van der Waals surface area (Å²) in [5, 5.41) is 30.2. The molecule has 1 aliphatic rings. The van der Waals surface area contributed by atoms with E-state index in [0.29, 0.717) is 0 Å². The Balaban J connectivity index is 2.14. The molecule has 2 heterocycles. The molecule has 5 N–H and O–H groups in total. The van der Waals surface area contributed by atoms with Gasteiger partial charge in [-0.25, -0.2) is 15.0 Å². The van der Waals surface area contributed by atoms with Crippen LogP contribution < -0.4 is 5.73 Å². The molecule has 23 heavy (non-hydrogen) atoms. The summed E-state index contributed by atoms with van der Waals surface area (Å²) >= 11 is 0. The van der Waals surface area contributed by atoms with E-state index >= 15 is 0 Å². The molecule has 0 saturated heterocycles. The number of aliphatic hydroxyl groups excluding tert-OH is 1. The van der Waals surface area contributed by atoms with Gasteiger partial charge in [0.25, 0.3) is 0 Å². The first-order valence-electron chi connectivity index (χ1n) is 6.62. The first kappa shape index (κ1) is 15.9. The number of alkyl halides is 3. The van der Waals surface area contributed by atoms with E-state index in [2.05, 4.69) is 15.0 Å². The van der Waals surface area contributed by atoms with Crippen LogP contribution in [0.2, 0.25) is 0 Å². The summed E-state index contributed by atoms with van der Waals surface area (Å²) < 4.78 is 40.6. The van der Waals surface area contributed by atoms with Gasteiger partial charge in [-0.3, -0.25) is 0 Å². The summed E-state index contributed by atoms with van der Waals surface area (Å²) in [7, 11) is 0. The van der Waals surface area contributed by atoms with Gasteiger partial charge in [0, 0.05) is 6.42 Å². The van der Waals surface area contributed by atoms with E-state index in [1.54, 1.807) is 0 Å². The Labute approximate surface area is 127 Å². The molecule has 0 aromatic carbocycles. The molecule has 2 aromatic heterocycles. The highest BCUT2D eigenvalue weighted by Gasteiger charge is 2.70. The van der Waals surface area contributed by atoms with Crippen LogP contribution in [0.3, 0.4) is 0 Å². The molecule has 0 radical (unpaired) electrons. The number of fused-ring (bicyclic) bond motifs is 1. The lowest BCUT2D eigenvalue weighted by molar-refractivity contribution is -0.292. The standard InChI is InChI=1S/C12H14F3N5O3/c1-10(22)5(2-11(23,9(10)21)12(13,14)15)20-4-19-6-7(16)17-3-18-8(6)20/h3-5,9,21-23H,2H2,1H3,(H2,16,17,18)/t5-,9+,10+,11+/m1/s1. The monoisotopic (exact) mass is 333 g/mol. The average molecular weight is 333 g/mol. The molecule has 0 bridgehead atoms. The van der Waals surface area contributed by atoms with Gasteiger partial charge in [-0.15, -0.1) is 0 Å². The number of anilines is 1. The zero-order valence-electron chi connectivity index (χ0n) is 11.9. The molecule has 3 rings (SSSR count). The third-order valence-electron chi connectivity index (χ3n) is 4.40. The van der Waals surface area contributed by atoms with E-state index in [1.165, 1.54) is 0 Å². The normalized spacial score (nSPS) is 35.1. The maximum atomic E-state index is 13.1. The smallest absolute Gasteiger partial charge is 0.387 e. The van der Waals surface area contributed by atoms with Crippen molar-refractivity contribution in [2.45, 2.75) is 42.9 Å². The molecule has 1 aliphatic carbocycles. The average Bonchev–Trinajstić information content (AvgIpc) is 2.93. The lowest BCUT2D eigenvalue weighted by Crippen LogP contribution is -2.56. The first-order chi connectivity index (χ1) is 10.5. The first-order valence-corrected chi connectivity index (χ1v) is 6.62. The fraction of sp³-hybridized carbons (Fsp3) is 0.583. The number of aliphatic hydroxyl groups is 3. The number of halogens is 3. The van der Waals surface area contributed by atoms with Gasteiger partial charge in [-0.1, -0.05) is 0 Å². The number of nitrogens with zero attached hydrogens (tertiary/aromatic N) is 4. The van der Waals surface area contributed by atoms with E-state index < -0.39 is 35.9 Å². The molecule has 1 fully saturated rings. The van der Waals surface area contributed by atoms with Crippen LogP contribution in [0, 0.1) is 0 Å². The van der Waals surface area contributed by atoms with Crippen molar-refractivity contribution in [1.82, 2.24) is 19.5 Å². The van der Waals surface area contributed by atoms with Gasteiger partial charge in [0.15, 0.2) is 17.1 Å². The van der Waals surface area contributed by atoms with E-state index in [4.69, 9.17) is 5.73 Å². The zero-order valence-corrected chi connectivity index (χ0v) is 11.9. The van der Waals surface area contributed by atoms with Gasteiger partial charge in [0.1, 0.15) is 23.5 Å². The molecule has 0 spiro atoms. The van der Waals surface area contributed by atoms with Crippen molar-refractivity contribution in [3.63, 3.8) is 0 Å². The van der Waals surface area contributed by atoms with Crippen molar-refractivity contribution >= 4 is 17.0 Å². The molecule has 0 amide bonds. The molecular weight excluding hydrogens is 319 g/mol. The summed E-state index contributed by atoms with van der Waals surface area (Å²) in [6.07, 6.45) is -6.26. The van der Waals surface area contributed by atoms with Crippen molar-refractivity contribution in [2.24, 2.45) is 0 Å². The minimum Gasteiger partial charge on any atom is -0.387 e. The minimum absolute atomic E-state index is 0.0259. The highest BCUT2D eigenvalue weighted by molar-refractivity contribution is 5.81. The van der Waals surface area contributed by atoms with Crippen molar-refractivity contribution in [2.75, 3.05) is 5.73 Å². The molecule has 8 nitrogen and oxygen atoms in total. The zero-order chi connectivity index (χ0) is 17.2. The Kier molecular flexibility index (Phi) is 3.13. The highest BCUT2D eigenvalue weighted by atomic mass is 19.4. The van der Waals surface area contributed by atoms with E-state index in [0.717, 1.165) is 24.1 Å². The number of rotatable bonds is 1. The van der Waals surface area contributed by atoms with E-state index in [9.17, 15) is 28.5 Å². The van der Waals surface area contributed by atoms with E-state index in [-0.39, 0.29) is 17.0 Å². The molecular formula is C12H14F3N5O3. The number of nitrogen functional groups attached to an aromatic ring is 1. The maximum absolute atomic E-state index is 13.1. The summed E-state index contributed by atoms with van der Waals surface area (Å²) in [6.45, 7) is 1.02. The fourth-order valence-corrected chi connectivity index (χ4v) is 3.03. The number of nitrogens with two attached hydrogens (primary N) is 1. The summed E-state index contributed by atoms with van der Waals surface area (Å²) in [4.78, 5) is 11.5. The van der Waals surface area contributed by atoms with Gasteiger partial charge < -0.3 is 25.6 Å². The summed E-state index contributed by atoms with van der Waals surface area (Å²) in [5.41, 5.74) is 0.155. The Bertz CT molecular complexity index is 762. The van der Waals surface area contributed by atoms with Crippen LogP contribution in [0.4, 0.5) is 19.0 Å². The molecule has 2 aromatic rings. The molecule has 126 valence electrons. The van der Waals surface area contributed by atoms with Crippen LogP contribution in [0.15, 0.2) is 12.7 Å². The van der Waals surface area contributed by atoms with E-state index in [1.807, 2.05) is 0 Å². The summed E-state index contributed by atoms with van der Waals surface area (Å²) in [6, 6.07) is -1.32. The molecule has 4 atom stereocenters. The maximum Gasteiger partial charge on any atom is 0.419 e. The van der Waals surface area contributed by atoms with Crippen LogP contribution in [-0.2, 0) is 0 Å². The lowest BCUT2D eigenvalue weighted by Gasteiger charge is -2.33. The molecule has 0 aliphatic heterocycles. The van der Waals surface area contributed by atoms with Crippen molar-refractivity contribution in [3.05, 3.63) is 12.7 Å². The Hall–Kier alpha value is -1.98. The summed E-state index contributed by atoms with van der Waals surface area (Å²) in [5.74, 6) is 0.0259. The second-order valence-corrected chi connectivity index (χ2v) is 5.85. The Morgan fingerprint density at radius 1 is 1.30 bits per heavy atom. The fourth-order valence-electron chi connectivity index (χ4n) is 3.03. The number of hydrogen-bond acceptors (Lipinski definition) is 7. The molecule has 1 saturated carbocycles. The number of aromatic nitrogens is 4. The third kappa shape index (κ3) is 2.00. The largest absolute Gasteiger partial charge is 0.419 e. The van der Waals surface area contributed by atoms with Crippen LogP contribution in [0.5, 0.6) is 0 Å².